The van der Waals surface area contributed by atoms with Gasteiger partial charge >= 0.3 is 6.18 Å². The molecule has 0 atom stereocenters. The Morgan fingerprint density at radius 1 is 1.25 bits per heavy atom. The second kappa shape index (κ2) is 6.87. The van der Waals surface area contributed by atoms with E-state index in [1.54, 1.807) is 12.3 Å². The van der Waals surface area contributed by atoms with Gasteiger partial charge in [0.2, 0.25) is 5.91 Å². The van der Waals surface area contributed by atoms with Crippen molar-refractivity contribution in [2.75, 3.05) is 0 Å². The van der Waals surface area contributed by atoms with Crippen molar-refractivity contribution in [3.05, 3.63) is 45.9 Å². The van der Waals surface area contributed by atoms with Crippen LogP contribution in [-0.2, 0) is 27.4 Å². The SMILES string of the molecule is Cc1csc(CC(=O)NNS(=O)(=O)c2ccc(C(F)(F)F)cc2)n1. The molecule has 24 heavy (non-hydrogen) atoms. The number of aryl methyl sites for hydroxylation is 1. The minimum absolute atomic E-state index is 0.117. The van der Waals surface area contributed by atoms with E-state index in [1.807, 2.05) is 10.3 Å². The van der Waals surface area contributed by atoms with Gasteiger partial charge in [-0.1, -0.05) is 0 Å². The maximum Gasteiger partial charge on any atom is 0.416 e. The Morgan fingerprint density at radius 2 is 1.88 bits per heavy atom. The van der Waals surface area contributed by atoms with Crippen LogP contribution in [0.15, 0.2) is 34.5 Å². The molecule has 2 N–H and O–H groups in total. The molecule has 0 radical (unpaired) electrons. The average Bonchev–Trinajstić information content (AvgIpc) is 2.90. The summed E-state index contributed by atoms with van der Waals surface area (Å²) in [5, 5.41) is 2.26. The van der Waals surface area contributed by atoms with E-state index >= 15 is 0 Å². The number of amides is 1. The Labute approximate surface area is 139 Å². The van der Waals surface area contributed by atoms with Crippen molar-refractivity contribution < 1.29 is 26.4 Å². The summed E-state index contributed by atoms with van der Waals surface area (Å²) in [5.74, 6) is -0.639. The van der Waals surface area contributed by atoms with E-state index in [0.717, 1.165) is 17.8 Å². The Kier molecular flexibility index (Phi) is 5.26. The number of rotatable bonds is 5. The van der Waals surface area contributed by atoms with Crippen LogP contribution >= 0.6 is 11.3 Å². The standard InChI is InChI=1S/C13H12F3N3O3S2/c1-8-7-23-12(17-8)6-11(20)18-19-24(21,22)10-4-2-9(3-5-10)13(14,15)16/h2-5,7,19H,6H2,1H3,(H,18,20). The second-order valence-corrected chi connectivity index (χ2v) is 7.36. The first-order chi connectivity index (χ1) is 11.1. The summed E-state index contributed by atoms with van der Waals surface area (Å²) >= 11 is 1.26. The lowest BCUT2D eigenvalue weighted by Crippen LogP contribution is -2.42. The van der Waals surface area contributed by atoms with Gasteiger partial charge in [-0.25, -0.2) is 13.4 Å². The highest BCUT2D eigenvalue weighted by molar-refractivity contribution is 7.89. The third-order valence-corrected chi connectivity index (χ3v) is 5.03. The lowest BCUT2D eigenvalue weighted by molar-refractivity contribution is -0.137. The van der Waals surface area contributed by atoms with Crippen molar-refractivity contribution in [3.8, 4) is 0 Å². The predicted molar refractivity (Wildman–Crippen MR) is 80.5 cm³/mol. The van der Waals surface area contributed by atoms with Crippen LogP contribution < -0.4 is 10.3 Å². The van der Waals surface area contributed by atoms with Gasteiger partial charge in [0.15, 0.2) is 0 Å². The van der Waals surface area contributed by atoms with Crippen molar-refractivity contribution in [2.45, 2.75) is 24.4 Å². The van der Waals surface area contributed by atoms with Crippen molar-refractivity contribution in [1.82, 2.24) is 15.2 Å². The fourth-order valence-corrected chi connectivity index (χ4v) is 3.30. The molecule has 0 aliphatic carbocycles. The number of nitrogens with one attached hydrogen (secondary N) is 2. The summed E-state index contributed by atoms with van der Waals surface area (Å²) < 4.78 is 61.2. The largest absolute Gasteiger partial charge is 0.416 e. The van der Waals surface area contributed by atoms with Crippen molar-refractivity contribution in [2.24, 2.45) is 0 Å². The minimum atomic E-state index is -4.56. The van der Waals surface area contributed by atoms with Crippen LogP contribution in [0.25, 0.3) is 0 Å². The molecule has 0 aliphatic heterocycles. The number of hydrogen-bond donors (Lipinski definition) is 2. The minimum Gasteiger partial charge on any atom is -0.277 e. The molecule has 6 nitrogen and oxygen atoms in total. The second-order valence-electron chi connectivity index (χ2n) is 4.74. The molecule has 0 saturated carbocycles. The number of hydrazine groups is 1. The van der Waals surface area contributed by atoms with Crippen LogP contribution in [-0.4, -0.2) is 19.3 Å². The maximum absolute atomic E-state index is 12.5. The van der Waals surface area contributed by atoms with Gasteiger partial charge in [-0.2, -0.15) is 13.2 Å². The molecule has 2 rings (SSSR count). The van der Waals surface area contributed by atoms with Crippen molar-refractivity contribution in [1.29, 1.82) is 0 Å². The summed E-state index contributed by atoms with van der Waals surface area (Å²) in [4.78, 5) is 17.2. The van der Waals surface area contributed by atoms with Gasteiger partial charge in [0.05, 0.1) is 16.9 Å². The molecule has 1 heterocycles. The van der Waals surface area contributed by atoms with Gasteiger partial charge in [-0.15, -0.1) is 16.2 Å². The molecule has 0 saturated heterocycles. The smallest absolute Gasteiger partial charge is 0.277 e. The van der Waals surface area contributed by atoms with Gasteiger partial charge in [-0.05, 0) is 31.2 Å². The number of sulfonamides is 1. The number of carbonyl (C=O) groups is 1. The zero-order valence-electron chi connectivity index (χ0n) is 12.2. The number of thiazole rings is 1. The lowest BCUT2D eigenvalue weighted by Gasteiger charge is -2.10. The maximum atomic E-state index is 12.5. The fraction of sp³-hybridized carbons (Fsp3) is 0.231. The van der Waals surface area contributed by atoms with Gasteiger partial charge < -0.3 is 0 Å². The third-order valence-electron chi connectivity index (χ3n) is 2.80. The summed E-state index contributed by atoms with van der Waals surface area (Å²) in [6, 6.07) is 2.91. The van der Waals surface area contributed by atoms with Crippen LogP contribution in [0.4, 0.5) is 13.2 Å². The molecule has 11 heteroatoms. The number of halogens is 3. The molecular weight excluding hydrogens is 367 g/mol. The first-order valence-corrected chi connectivity index (χ1v) is 8.83. The molecular formula is C13H12F3N3O3S2. The van der Waals surface area contributed by atoms with Gasteiger partial charge in [0.1, 0.15) is 5.01 Å². The molecule has 1 aromatic carbocycles. The number of alkyl halides is 3. The van der Waals surface area contributed by atoms with Crippen LogP contribution in [0, 0.1) is 6.92 Å². The quantitative estimate of drug-likeness (QED) is 0.778. The fourth-order valence-electron chi connectivity index (χ4n) is 1.67. The van der Waals surface area contributed by atoms with Crippen molar-refractivity contribution >= 4 is 27.3 Å². The summed E-state index contributed by atoms with van der Waals surface area (Å²) in [6.45, 7) is 1.76. The number of benzene rings is 1. The topological polar surface area (TPSA) is 88.2 Å². The summed E-state index contributed by atoms with van der Waals surface area (Å²) in [7, 11) is -4.17. The van der Waals surface area contributed by atoms with Gasteiger partial charge in [-0.3, -0.25) is 10.2 Å². The molecule has 0 unspecified atom stereocenters. The molecule has 130 valence electrons. The van der Waals surface area contributed by atoms with E-state index in [4.69, 9.17) is 0 Å². The first kappa shape index (κ1) is 18.4. The molecule has 0 aliphatic rings. The molecule has 0 bridgehead atoms. The predicted octanol–water partition coefficient (Wildman–Crippen LogP) is 2.02. The monoisotopic (exact) mass is 379 g/mol. The van der Waals surface area contributed by atoms with E-state index in [0.29, 0.717) is 17.1 Å². The molecule has 2 aromatic rings. The number of aromatic nitrogens is 1. The average molecular weight is 379 g/mol. The van der Waals surface area contributed by atoms with E-state index in [2.05, 4.69) is 4.98 Å². The molecule has 0 spiro atoms. The van der Waals surface area contributed by atoms with Gasteiger partial charge in [0.25, 0.3) is 10.0 Å². The first-order valence-electron chi connectivity index (χ1n) is 6.47. The number of carbonyl (C=O) groups excluding carboxylic acids is 1. The zero-order valence-corrected chi connectivity index (χ0v) is 13.8. The molecule has 0 fully saturated rings. The summed E-state index contributed by atoms with van der Waals surface area (Å²) in [5.41, 5.74) is 1.77. The van der Waals surface area contributed by atoms with Crippen molar-refractivity contribution in [3.63, 3.8) is 0 Å². The van der Waals surface area contributed by atoms with Crippen LogP contribution in [0.5, 0.6) is 0 Å². The highest BCUT2D eigenvalue weighted by atomic mass is 32.2. The Bertz CT molecular complexity index is 830. The Morgan fingerprint density at radius 3 is 2.38 bits per heavy atom. The van der Waals surface area contributed by atoms with Crippen LogP contribution in [0.3, 0.4) is 0 Å². The number of hydrogen-bond acceptors (Lipinski definition) is 5. The zero-order chi connectivity index (χ0) is 18.0. The highest BCUT2D eigenvalue weighted by Gasteiger charge is 2.30. The third kappa shape index (κ3) is 4.76. The Hall–Kier alpha value is -1.98. The van der Waals surface area contributed by atoms with Crippen LogP contribution in [0.2, 0.25) is 0 Å². The van der Waals surface area contributed by atoms with E-state index in [9.17, 15) is 26.4 Å². The summed E-state index contributed by atoms with van der Waals surface area (Å²) in [6.07, 6.45) is -4.68. The van der Waals surface area contributed by atoms with Gasteiger partial charge in [0, 0.05) is 11.1 Å². The number of nitrogens with zero attached hydrogens (tertiary/aromatic N) is 1. The van der Waals surface area contributed by atoms with E-state index in [-0.39, 0.29) is 6.42 Å². The van der Waals surface area contributed by atoms with E-state index < -0.39 is 32.6 Å². The molecule has 1 aromatic heterocycles. The highest BCUT2D eigenvalue weighted by Crippen LogP contribution is 2.29. The molecule has 1 amide bonds. The van der Waals surface area contributed by atoms with E-state index in [1.165, 1.54) is 11.3 Å². The van der Waals surface area contributed by atoms with Crippen LogP contribution in [0.1, 0.15) is 16.3 Å². The Balaban J connectivity index is 1.99. The normalized spacial score (nSPS) is 12.2. The lowest BCUT2D eigenvalue weighted by atomic mass is 10.2.